The number of pyridine rings is 1. The van der Waals surface area contributed by atoms with Gasteiger partial charge in [0.25, 0.3) is 5.91 Å². The van der Waals surface area contributed by atoms with E-state index in [1.165, 1.54) is 29.8 Å². The van der Waals surface area contributed by atoms with E-state index >= 15 is 0 Å². The number of fused-ring (bicyclic) bond motifs is 2. The van der Waals surface area contributed by atoms with E-state index in [4.69, 9.17) is 15.5 Å². The average molecular weight is 478 g/mol. The fraction of sp³-hybridized carbons (Fsp3) is 0.240. The summed E-state index contributed by atoms with van der Waals surface area (Å²) in [6, 6.07) is 13.7. The molecule has 3 aromatic heterocycles. The SMILES string of the molecule is COC(=O)c1c(NC(=O)c2sc3nc(-c4ccccc4)ccc3c2N)sc2c1CCC(C)C2. The van der Waals surface area contributed by atoms with Crippen molar-refractivity contribution in [1.82, 2.24) is 4.98 Å². The van der Waals surface area contributed by atoms with Gasteiger partial charge < -0.3 is 15.8 Å². The fourth-order valence-electron chi connectivity index (χ4n) is 4.25. The number of nitrogens with zero attached hydrogens (tertiary/aromatic N) is 1. The zero-order valence-electron chi connectivity index (χ0n) is 18.3. The maximum atomic E-state index is 13.2. The highest BCUT2D eigenvalue weighted by molar-refractivity contribution is 7.21. The van der Waals surface area contributed by atoms with Crippen LogP contribution in [0.1, 0.15) is 43.8 Å². The molecule has 3 N–H and O–H groups in total. The quantitative estimate of drug-likeness (QED) is 0.364. The van der Waals surface area contributed by atoms with Gasteiger partial charge in [-0.25, -0.2) is 9.78 Å². The van der Waals surface area contributed by atoms with Gasteiger partial charge in [-0.3, -0.25) is 4.79 Å². The van der Waals surface area contributed by atoms with Crippen molar-refractivity contribution in [2.45, 2.75) is 26.2 Å². The van der Waals surface area contributed by atoms with E-state index in [-0.39, 0.29) is 5.91 Å². The second-order valence-electron chi connectivity index (χ2n) is 8.26. The number of carbonyl (C=O) groups excluding carboxylic acids is 2. The van der Waals surface area contributed by atoms with Crippen molar-refractivity contribution in [3.63, 3.8) is 0 Å². The van der Waals surface area contributed by atoms with E-state index in [2.05, 4.69) is 12.2 Å². The molecule has 1 aliphatic rings. The molecule has 5 rings (SSSR count). The number of carbonyl (C=O) groups is 2. The summed E-state index contributed by atoms with van der Waals surface area (Å²) >= 11 is 2.72. The number of benzene rings is 1. The Bertz CT molecular complexity index is 1370. The Hall–Kier alpha value is -3.23. The number of ether oxygens (including phenoxy) is 1. The maximum Gasteiger partial charge on any atom is 0.341 e. The summed E-state index contributed by atoms with van der Waals surface area (Å²) < 4.78 is 5.03. The second kappa shape index (κ2) is 8.61. The van der Waals surface area contributed by atoms with Gasteiger partial charge in [0, 0.05) is 15.8 Å². The molecule has 1 aromatic carbocycles. The Morgan fingerprint density at radius 2 is 1.94 bits per heavy atom. The van der Waals surface area contributed by atoms with Gasteiger partial charge in [0.1, 0.15) is 14.7 Å². The van der Waals surface area contributed by atoms with E-state index in [9.17, 15) is 9.59 Å². The smallest absolute Gasteiger partial charge is 0.341 e. The molecule has 1 amide bonds. The van der Waals surface area contributed by atoms with Crippen LogP contribution in [0, 0.1) is 5.92 Å². The lowest BCUT2D eigenvalue weighted by molar-refractivity contribution is 0.0601. The third-order valence-electron chi connectivity index (χ3n) is 6.00. The Labute approximate surface area is 199 Å². The van der Waals surface area contributed by atoms with E-state index in [1.807, 2.05) is 42.5 Å². The molecule has 168 valence electrons. The predicted octanol–water partition coefficient (Wildman–Crippen LogP) is 5.77. The van der Waals surface area contributed by atoms with Gasteiger partial charge in [-0.2, -0.15) is 0 Å². The highest BCUT2D eigenvalue weighted by Crippen LogP contribution is 2.41. The molecule has 0 saturated heterocycles. The van der Waals surface area contributed by atoms with Crippen molar-refractivity contribution in [3.8, 4) is 11.3 Å². The van der Waals surface area contributed by atoms with Crippen molar-refractivity contribution in [1.29, 1.82) is 0 Å². The first kappa shape index (κ1) is 21.6. The summed E-state index contributed by atoms with van der Waals surface area (Å²) in [5.41, 5.74) is 10.0. The highest BCUT2D eigenvalue weighted by Gasteiger charge is 2.29. The summed E-state index contributed by atoms with van der Waals surface area (Å²) in [4.78, 5) is 32.7. The molecule has 0 fully saturated rings. The predicted molar refractivity (Wildman–Crippen MR) is 134 cm³/mol. The third kappa shape index (κ3) is 3.89. The zero-order chi connectivity index (χ0) is 23.1. The minimum atomic E-state index is -0.421. The molecule has 6 nitrogen and oxygen atoms in total. The first-order valence-electron chi connectivity index (χ1n) is 10.7. The molecule has 1 atom stereocenters. The number of hydrogen-bond acceptors (Lipinski definition) is 7. The first-order valence-corrected chi connectivity index (χ1v) is 12.4. The summed E-state index contributed by atoms with van der Waals surface area (Å²) in [6.07, 6.45) is 2.72. The Balaban J connectivity index is 1.50. The number of nitrogens with two attached hydrogens (primary N) is 1. The van der Waals surface area contributed by atoms with Crippen LogP contribution in [0.3, 0.4) is 0 Å². The van der Waals surface area contributed by atoms with Crippen molar-refractivity contribution in [2.24, 2.45) is 5.92 Å². The molecule has 0 radical (unpaired) electrons. The summed E-state index contributed by atoms with van der Waals surface area (Å²) in [5, 5.41) is 4.22. The van der Waals surface area contributed by atoms with Crippen LogP contribution in [-0.4, -0.2) is 24.0 Å². The molecule has 1 aliphatic carbocycles. The van der Waals surface area contributed by atoms with Gasteiger partial charge in [0.15, 0.2) is 0 Å². The topological polar surface area (TPSA) is 94.3 Å². The van der Waals surface area contributed by atoms with Crippen LogP contribution in [-0.2, 0) is 17.6 Å². The van der Waals surface area contributed by atoms with E-state index in [0.717, 1.165) is 46.3 Å². The minimum Gasteiger partial charge on any atom is -0.465 e. The number of methoxy groups -OCH3 is 1. The number of hydrogen-bond donors (Lipinski definition) is 2. The van der Waals surface area contributed by atoms with Crippen LogP contribution in [0.2, 0.25) is 0 Å². The zero-order valence-corrected chi connectivity index (χ0v) is 19.9. The molecule has 1 unspecified atom stereocenters. The first-order chi connectivity index (χ1) is 16.0. The minimum absolute atomic E-state index is 0.339. The second-order valence-corrected chi connectivity index (χ2v) is 10.4. The number of thiophene rings is 2. The lowest BCUT2D eigenvalue weighted by Crippen LogP contribution is -2.16. The third-order valence-corrected chi connectivity index (χ3v) is 8.28. The van der Waals surface area contributed by atoms with Gasteiger partial charge in [-0.1, -0.05) is 37.3 Å². The van der Waals surface area contributed by atoms with Crippen LogP contribution in [0.25, 0.3) is 21.5 Å². The average Bonchev–Trinajstić information content (AvgIpc) is 3.35. The van der Waals surface area contributed by atoms with Crippen molar-refractivity contribution in [3.05, 3.63) is 63.3 Å². The fourth-order valence-corrected chi connectivity index (χ4v) is 6.64. The van der Waals surface area contributed by atoms with Crippen molar-refractivity contribution >= 4 is 55.5 Å². The number of esters is 1. The molecule has 0 spiro atoms. The molecule has 8 heteroatoms. The number of nitrogens with one attached hydrogen (secondary N) is 1. The maximum absolute atomic E-state index is 13.2. The molecular weight excluding hydrogens is 454 g/mol. The molecule has 33 heavy (non-hydrogen) atoms. The van der Waals surface area contributed by atoms with Crippen LogP contribution in [0.15, 0.2) is 42.5 Å². The van der Waals surface area contributed by atoms with Crippen molar-refractivity contribution < 1.29 is 14.3 Å². The highest BCUT2D eigenvalue weighted by atomic mass is 32.1. The number of aromatic nitrogens is 1. The normalized spacial score (nSPS) is 15.3. The summed E-state index contributed by atoms with van der Waals surface area (Å²) in [7, 11) is 1.36. The van der Waals surface area contributed by atoms with Crippen LogP contribution in [0.5, 0.6) is 0 Å². The number of nitrogen functional groups attached to an aromatic ring is 1. The van der Waals surface area contributed by atoms with Crippen LogP contribution < -0.4 is 11.1 Å². The largest absolute Gasteiger partial charge is 0.465 e. The Kier molecular flexibility index (Phi) is 5.64. The number of anilines is 2. The van der Waals surface area contributed by atoms with E-state index < -0.39 is 5.97 Å². The molecule has 3 heterocycles. The molecule has 4 aromatic rings. The molecule has 0 aliphatic heterocycles. The van der Waals surface area contributed by atoms with Gasteiger partial charge in [-0.05, 0) is 42.9 Å². The van der Waals surface area contributed by atoms with E-state index in [0.29, 0.717) is 31.9 Å². The van der Waals surface area contributed by atoms with Gasteiger partial charge >= 0.3 is 5.97 Å². The molecular formula is C25H23N3O3S2. The number of rotatable bonds is 4. The lowest BCUT2D eigenvalue weighted by atomic mass is 9.88. The lowest BCUT2D eigenvalue weighted by Gasteiger charge is -2.18. The van der Waals surface area contributed by atoms with Crippen molar-refractivity contribution in [2.75, 3.05) is 18.2 Å². The van der Waals surface area contributed by atoms with E-state index in [1.54, 1.807) is 0 Å². The van der Waals surface area contributed by atoms with Crippen LogP contribution >= 0.6 is 22.7 Å². The monoisotopic (exact) mass is 477 g/mol. The van der Waals surface area contributed by atoms with Gasteiger partial charge in [0.2, 0.25) is 0 Å². The number of amides is 1. The molecule has 0 bridgehead atoms. The standard InChI is InChI=1S/C25H23N3O3S2/c1-13-8-9-15-18(12-13)32-24(19(15)25(30)31-2)28-22(29)21-20(26)16-10-11-17(27-23(16)33-21)14-6-4-3-5-7-14/h3-7,10-11,13H,8-9,12,26H2,1-2H3,(H,28,29). The molecule has 0 saturated carbocycles. The summed E-state index contributed by atoms with van der Waals surface area (Å²) in [5.74, 6) is -0.210. The Morgan fingerprint density at radius 1 is 1.15 bits per heavy atom. The van der Waals surface area contributed by atoms with Crippen LogP contribution in [0.4, 0.5) is 10.7 Å². The summed E-state index contributed by atoms with van der Waals surface area (Å²) in [6.45, 7) is 2.20. The Morgan fingerprint density at radius 3 is 2.70 bits per heavy atom. The van der Waals surface area contributed by atoms with Gasteiger partial charge in [0.05, 0.1) is 24.1 Å². The van der Waals surface area contributed by atoms with Gasteiger partial charge in [-0.15, -0.1) is 22.7 Å².